The Kier molecular flexibility index (Phi) is 6.53. The summed E-state index contributed by atoms with van der Waals surface area (Å²) in [6.07, 6.45) is 1.52. The molecule has 0 saturated carbocycles. The maximum atomic E-state index is 14.9. The van der Waals surface area contributed by atoms with Crippen molar-refractivity contribution in [2.24, 2.45) is 7.05 Å². The number of nitrogens with zero attached hydrogens (tertiary/aromatic N) is 3. The molecule has 1 N–H and O–H groups in total. The number of anilines is 1. The molecule has 0 aliphatic carbocycles. The number of benzene rings is 1. The van der Waals surface area contributed by atoms with Gasteiger partial charge in [0.15, 0.2) is 0 Å². The summed E-state index contributed by atoms with van der Waals surface area (Å²) in [7, 11) is 1.70. The molecule has 1 atom stereocenters. The number of amides is 2. The molecule has 0 radical (unpaired) electrons. The number of fused-ring (bicyclic) bond motifs is 1. The average Bonchev–Trinajstić information content (AvgIpc) is 3.36. The molecule has 2 amide bonds. The predicted octanol–water partition coefficient (Wildman–Crippen LogP) is 4.07. The normalized spacial score (nSPS) is 16.4. The molecule has 34 heavy (non-hydrogen) atoms. The zero-order chi connectivity index (χ0) is 24.6. The van der Waals surface area contributed by atoms with Gasteiger partial charge in [-0.2, -0.15) is 5.10 Å². The fraction of sp³-hybridized carbons (Fsp3) is 0.375. The molecule has 2 aromatic heterocycles. The van der Waals surface area contributed by atoms with Crippen LogP contribution < -0.4 is 10.2 Å². The second kappa shape index (κ2) is 9.25. The van der Waals surface area contributed by atoms with E-state index < -0.39 is 22.3 Å². The molecule has 1 aromatic carbocycles. The standard InChI is InChI=1S/C24H26F2N4O3S/c1-24(2,3)22-20-21(16-8-7-14(25)10-17(16)26)34-13-19(32)30(23(20)29(4)28-22)12-18(31)27-11-15-6-5-9-33-15/h5-10,21H,11-13H2,1-4H3,(H,27,31). The van der Waals surface area contributed by atoms with Crippen molar-refractivity contribution in [1.82, 2.24) is 15.1 Å². The number of hydrogen-bond donors (Lipinski definition) is 1. The molecule has 10 heteroatoms. The van der Waals surface area contributed by atoms with Gasteiger partial charge < -0.3 is 9.73 Å². The van der Waals surface area contributed by atoms with Gasteiger partial charge in [-0.15, -0.1) is 11.8 Å². The van der Waals surface area contributed by atoms with Gasteiger partial charge in [0.25, 0.3) is 0 Å². The molecule has 3 heterocycles. The minimum absolute atomic E-state index is 0.0191. The lowest BCUT2D eigenvalue weighted by atomic mass is 9.87. The van der Waals surface area contributed by atoms with Crippen LogP contribution in [0, 0.1) is 11.6 Å². The molecule has 0 bridgehead atoms. The molecule has 1 aliphatic rings. The van der Waals surface area contributed by atoms with Crippen LogP contribution >= 0.6 is 11.8 Å². The lowest BCUT2D eigenvalue weighted by Crippen LogP contribution is -2.42. The molecule has 7 nitrogen and oxygen atoms in total. The van der Waals surface area contributed by atoms with E-state index in [2.05, 4.69) is 10.4 Å². The van der Waals surface area contributed by atoms with Crippen molar-refractivity contribution in [3.8, 4) is 0 Å². The lowest BCUT2D eigenvalue weighted by molar-refractivity contribution is -0.123. The summed E-state index contributed by atoms with van der Waals surface area (Å²) < 4.78 is 35.3. The highest BCUT2D eigenvalue weighted by Crippen LogP contribution is 2.48. The third kappa shape index (κ3) is 4.72. The van der Waals surface area contributed by atoms with Crippen LogP contribution in [0.3, 0.4) is 0 Å². The lowest BCUT2D eigenvalue weighted by Gasteiger charge is -2.24. The minimum atomic E-state index is -0.691. The van der Waals surface area contributed by atoms with Crippen LogP contribution in [0.1, 0.15) is 48.6 Å². The van der Waals surface area contributed by atoms with Crippen molar-refractivity contribution in [3.05, 3.63) is 70.8 Å². The first-order valence-corrected chi connectivity index (χ1v) is 11.8. The van der Waals surface area contributed by atoms with Crippen molar-refractivity contribution < 1.29 is 22.8 Å². The van der Waals surface area contributed by atoms with Crippen LogP contribution in [0.2, 0.25) is 0 Å². The highest BCUT2D eigenvalue weighted by Gasteiger charge is 2.39. The molecule has 1 unspecified atom stereocenters. The summed E-state index contributed by atoms with van der Waals surface area (Å²) in [5, 5.41) is 6.83. The monoisotopic (exact) mass is 488 g/mol. The van der Waals surface area contributed by atoms with Crippen molar-refractivity contribution in [2.75, 3.05) is 17.2 Å². The Balaban J connectivity index is 1.76. The first-order chi connectivity index (χ1) is 16.1. The number of halogens is 2. The smallest absolute Gasteiger partial charge is 0.240 e. The van der Waals surface area contributed by atoms with E-state index in [1.165, 1.54) is 35.1 Å². The number of aromatic nitrogens is 2. The van der Waals surface area contributed by atoms with E-state index in [-0.39, 0.29) is 36.2 Å². The van der Waals surface area contributed by atoms with E-state index in [0.717, 1.165) is 6.07 Å². The molecule has 0 fully saturated rings. The topological polar surface area (TPSA) is 80.4 Å². The highest BCUT2D eigenvalue weighted by atomic mass is 32.2. The van der Waals surface area contributed by atoms with Crippen molar-refractivity contribution >= 4 is 29.4 Å². The third-order valence-corrected chi connectivity index (χ3v) is 6.78. The number of carbonyl (C=O) groups excluding carboxylic acids is 2. The van der Waals surface area contributed by atoms with Gasteiger partial charge in [0.1, 0.15) is 29.8 Å². The molecule has 3 aromatic rings. The molecule has 180 valence electrons. The van der Waals surface area contributed by atoms with E-state index in [9.17, 15) is 18.4 Å². The number of aryl methyl sites for hydroxylation is 1. The van der Waals surface area contributed by atoms with Crippen molar-refractivity contribution in [3.63, 3.8) is 0 Å². The number of carbonyl (C=O) groups is 2. The van der Waals surface area contributed by atoms with Gasteiger partial charge >= 0.3 is 0 Å². The second-order valence-electron chi connectivity index (χ2n) is 9.15. The van der Waals surface area contributed by atoms with Crippen LogP contribution in [-0.2, 0) is 28.6 Å². The largest absolute Gasteiger partial charge is 0.467 e. The quantitative estimate of drug-likeness (QED) is 0.586. The average molecular weight is 489 g/mol. The van der Waals surface area contributed by atoms with Gasteiger partial charge in [0.2, 0.25) is 11.8 Å². The Hall–Kier alpha value is -3.14. The van der Waals surface area contributed by atoms with Crippen molar-refractivity contribution in [1.29, 1.82) is 0 Å². The van der Waals surface area contributed by atoms with E-state index in [0.29, 0.717) is 22.8 Å². The fourth-order valence-electron chi connectivity index (χ4n) is 4.00. The molecule has 1 aliphatic heterocycles. The number of furan rings is 1. The maximum absolute atomic E-state index is 14.9. The van der Waals surface area contributed by atoms with Crippen molar-refractivity contribution in [2.45, 2.75) is 38.0 Å². The minimum Gasteiger partial charge on any atom is -0.467 e. The van der Waals surface area contributed by atoms with Crippen LogP contribution in [0.15, 0.2) is 41.0 Å². The Labute approximate surface area is 200 Å². The van der Waals surface area contributed by atoms with E-state index in [1.54, 1.807) is 23.9 Å². The number of rotatable bonds is 5. The first kappa shape index (κ1) is 24.0. The summed E-state index contributed by atoms with van der Waals surface area (Å²) in [6.45, 7) is 5.90. The molecule has 0 spiro atoms. The van der Waals surface area contributed by atoms with Gasteiger partial charge in [0, 0.05) is 29.7 Å². The SMILES string of the molecule is Cn1nc(C(C)(C)C)c2c1N(CC(=O)NCc1ccco1)C(=O)CSC2c1ccc(F)cc1F. The highest BCUT2D eigenvalue weighted by molar-refractivity contribution is 8.00. The van der Waals surface area contributed by atoms with Crippen LogP contribution in [0.4, 0.5) is 14.6 Å². The van der Waals surface area contributed by atoms with Crippen LogP contribution in [0.5, 0.6) is 0 Å². The Morgan fingerprint density at radius 3 is 2.71 bits per heavy atom. The van der Waals surface area contributed by atoms with Gasteiger partial charge in [-0.25, -0.2) is 8.78 Å². The zero-order valence-corrected chi connectivity index (χ0v) is 20.2. The second-order valence-corrected chi connectivity index (χ2v) is 10.2. The summed E-state index contributed by atoms with van der Waals surface area (Å²) in [5.41, 5.74) is 1.17. The van der Waals surface area contributed by atoms with E-state index in [4.69, 9.17) is 4.42 Å². The zero-order valence-electron chi connectivity index (χ0n) is 19.4. The molecule has 0 saturated heterocycles. The van der Waals surface area contributed by atoms with Gasteiger partial charge in [0.05, 0.1) is 29.5 Å². The van der Waals surface area contributed by atoms with Gasteiger partial charge in [-0.05, 0) is 18.2 Å². The number of thioether (sulfide) groups is 1. The van der Waals surface area contributed by atoms with Crippen LogP contribution in [-0.4, -0.2) is 33.9 Å². The summed E-state index contributed by atoms with van der Waals surface area (Å²) in [6, 6.07) is 6.92. The van der Waals surface area contributed by atoms with E-state index >= 15 is 0 Å². The van der Waals surface area contributed by atoms with Gasteiger partial charge in [-0.3, -0.25) is 19.2 Å². The summed E-state index contributed by atoms with van der Waals surface area (Å²) >= 11 is 1.24. The van der Waals surface area contributed by atoms with Gasteiger partial charge in [-0.1, -0.05) is 26.8 Å². The maximum Gasteiger partial charge on any atom is 0.240 e. The molecular weight excluding hydrogens is 462 g/mol. The summed E-state index contributed by atoms with van der Waals surface area (Å²) in [5.74, 6) is -0.988. The molecule has 4 rings (SSSR count). The number of hydrogen-bond acceptors (Lipinski definition) is 5. The van der Waals surface area contributed by atoms with E-state index in [1.807, 2.05) is 20.8 Å². The third-order valence-electron chi connectivity index (χ3n) is 5.54. The number of nitrogens with one attached hydrogen (secondary N) is 1. The summed E-state index contributed by atoms with van der Waals surface area (Å²) in [4.78, 5) is 27.3. The Morgan fingerprint density at radius 1 is 1.29 bits per heavy atom. The molecular formula is C24H26F2N4O3S. The first-order valence-electron chi connectivity index (χ1n) is 10.8. The fourth-order valence-corrected chi connectivity index (χ4v) is 5.22. The van der Waals surface area contributed by atoms with Crippen LogP contribution in [0.25, 0.3) is 0 Å². The Morgan fingerprint density at radius 2 is 2.06 bits per heavy atom. The Bertz CT molecular complexity index is 1220. The predicted molar refractivity (Wildman–Crippen MR) is 125 cm³/mol.